The first kappa shape index (κ1) is 15.9. The Morgan fingerprint density at radius 3 is 2.76 bits per heavy atom. The molecule has 0 amide bonds. The molecule has 0 saturated carbocycles. The highest BCUT2D eigenvalue weighted by atomic mass is 15.4. The summed E-state index contributed by atoms with van der Waals surface area (Å²) in [5.41, 5.74) is 3.65. The van der Waals surface area contributed by atoms with Crippen molar-refractivity contribution in [1.29, 1.82) is 0 Å². The summed E-state index contributed by atoms with van der Waals surface area (Å²) < 4.78 is 1.80. The highest BCUT2D eigenvalue weighted by Crippen LogP contribution is 2.26. The molecule has 2 aromatic heterocycles. The van der Waals surface area contributed by atoms with Crippen LogP contribution < -0.4 is 9.80 Å². The molecule has 0 N–H and O–H groups in total. The van der Waals surface area contributed by atoms with Crippen LogP contribution in [0.2, 0.25) is 0 Å². The molecule has 1 saturated heterocycles. The van der Waals surface area contributed by atoms with E-state index in [9.17, 15) is 0 Å². The van der Waals surface area contributed by atoms with Crippen LogP contribution in [-0.2, 0) is 6.54 Å². The van der Waals surface area contributed by atoms with Gasteiger partial charge in [0.25, 0.3) is 5.78 Å². The Bertz CT molecular complexity index is 865. The van der Waals surface area contributed by atoms with E-state index in [1.54, 1.807) is 10.8 Å². The molecule has 0 radical (unpaired) electrons. The summed E-state index contributed by atoms with van der Waals surface area (Å²) in [6.07, 6.45) is 5.47. The number of hydrogen-bond acceptors (Lipinski definition) is 5. The predicted molar refractivity (Wildman–Crippen MR) is 100 cm³/mol. The molecule has 0 unspecified atom stereocenters. The van der Waals surface area contributed by atoms with Crippen LogP contribution in [0.15, 0.2) is 36.7 Å². The van der Waals surface area contributed by atoms with Gasteiger partial charge in [-0.3, -0.25) is 0 Å². The third-order valence-corrected chi connectivity index (χ3v) is 4.85. The molecule has 4 rings (SSSR count). The number of para-hydroxylation sites is 1. The van der Waals surface area contributed by atoms with E-state index in [2.05, 4.69) is 62.2 Å². The van der Waals surface area contributed by atoms with E-state index in [0.29, 0.717) is 5.78 Å². The molecule has 6 nitrogen and oxygen atoms in total. The molecule has 25 heavy (non-hydrogen) atoms. The summed E-state index contributed by atoms with van der Waals surface area (Å²) in [5, 5.41) is 4.33. The Kier molecular flexibility index (Phi) is 4.26. The summed E-state index contributed by atoms with van der Waals surface area (Å²) >= 11 is 0. The maximum atomic E-state index is 4.43. The van der Waals surface area contributed by atoms with Gasteiger partial charge in [-0.25, -0.2) is 4.98 Å². The van der Waals surface area contributed by atoms with Crippen molar-refractivity contribution < 1.29 is 0 Å². The molecule has 0 bridgehead atoms. The Labute approximate surface area is 148 Å². The molecule has 3 aromatic rings. The largest absolute Gasteiger partial charge is 0.371 e. The zero-order valence-electron chi connectivity index (χ0n) is 14.9. The summed E-state index contributed by atoms with van der Waals surface area (Å²) in [5.74, 6) is 1.65. The minimum atomic E-state index is 0.645. The van der Waals surface area contributed by atoms with Crippen molar-refractivity contribution in [3.63, 3.8) is 0 Å². The van der Waals surface area contributed by atoms with Crippen molar-refractivity contribution >= 4 is 17.3 Å². The molecule has 3 heterocycles. The predicted octanol–water partition coefficient (Wildman–Crippen LogP) is 3.06. The van der Waals surface area contributed by atoms with Gasteiger partial charge >= 0.3 is 0 Å². The van der Waals surface area contributed by atoms with Crippen LogP contribution in [0.5, 0.6) is 0 Å². The quantitative estimate of drug-likeness (QED) is 0.733. The number of rotatable bonds is 4. The Morgan fingerprint density at radius 2 is 1.92 bits per heavy atom. The minimum Gasteiger partial charge on any atom is -0.371 e. The monoisotopic (exact) mass is 336 g/mol. The average molecular weight is 336 g/mol. The fourth-order valence-electron chi connectivity index (χ4n) is 3.61. The second kappa shape index (κ2) is 6.70. The van der Waals surface area contributed by atoms with E-state index in [-0.39, 0.29) is 0 Å². The van der Waals surface area contributed by atoms with Crippen molar-refractivity contribution in [3.05, 3.63) is 47.9 Å². The number of nitrogens with zero attached hydrogens (tertiary/aromatic N) is 6. The average Bonchev–Trinajstić information content (AvgIpc) is 3.10. The van der Waals surface area contributed by atoms with Crippen LogP contribution in [0.25, 0.3) is 5.78 Å². The first-order valence-electron chi connectivity index (χ1n) is 8.94. The maximum Gasteiger partial charge on any atom is 0.254 e. The van der Waals surface area contributed by atoms with Gasteiger partial charge in [-0.2, -0.15) is 14.6 Å². The normalized spacial score (nSPS) is 14.9. The molecule has 6 heteroatoms. The molecular formula is C19H24N6. The standard InChI is InChI=1S/C19H24N6/c1-15-12-18(25-19(22-15)20-14-21-25)23(2)13-16-8-4-5-9-17(16)24-10-6-3-7-11-24/h4-5,8-9,12,14H,3,6-7,10-11,13H2,1-2H3. The second-order valence-corrected chi connectivity index (χ2v) is 6.76. The van der Waals surface area contributed by atoms with Gasteiger partial charge in [0, 0.05) is 44.1 Å². The third-order valence-electron chi connectivity index (χ3n) is 4.85. The van der Waals surface area contributed by atoms with Crippen LogP contribution in [0.3, 0.4) is 0 Å². The summed E-state index contributed by atoms with van der Waals surface area (Å²) in [4.78, 5) is 13.4. The van der Waals surface area contributed by atoms with E-state index in [0.717, 1.165) is 31.1 Å². The fourth-order valence-corrected chi connectivity index (χ4v) is 3.61. The summed E-state index contributed by atoms with van der Waals surface area (Å²) in [7, 11) is 2.10. The SMILES string of the molecule is Cc1cc(N(C)Cc2ccccc2N2CCCCC2)n2ncnc2n1. The Balaban J connectivity index is 1.64. The van der Waals surface area contributed by atoms with E-state index in [1.807, 2.05) is 6.92 Å². The molecule has 130 valence electrons. The topological polar surface area (TPSA) is 49.6 Å². The lowest BCUT2D eigenvalue weighted by Gasteiger charge is -2.31. The lowest BCUT2D eigenvalue weighted by Crippen LogP contribution is -2.31. The van der Waals surface area contributed by atoms with Crippen LogP contribution in [0.4, 0.5) is 11.5 Å². The van der Waals surface area contributed by atoms with Crippen LogP contribution in [-0.4, -0.2) is 39.7 Å². The molecule has 1 aromatic carbocycles. The molecule has 0 spiro atoms. The van der Waals surface area contributed by atoms with Gasteiger partial charge in [0.2, 0.25) is 0 Å². The van der Waals surface area contributed by atoms with E-state index >= 15 is 0 Å². The summed E-state index contributed by atoms with van der Waals surface area (Å²) in [6.45, 7) is 5.13. The molecule has 1 fully saturated rings. The lowest BCUT2D eigenvalue weighted by atomic mass is 10.1. The molecular weight excluding hydrogens is 312 g/mol. The van der Waals surface area contributed by atoms with E-state index in [4.69, 9.17) is 0 Å². The fraction of sp³-hybridized carbons (Fsp3) is 0.421. The minimum absolute atomic E-state index is 0.645. The first-order valence-corrected chi connectivity index (χ1v) is 8.94. The number of anilines is 2. The van der Waals surface area contributed by atoms with Crippen molar-refractivity contribution in [2.45, 2.75) is 32.7 Å². The van der Waals surface area contributed by atoms with Crippen molar-refractivity contribution in [1.82, 2.24) is 19.6 Å². The molecule has 1 aliphatic rings. The zero-order valence-corrected chi connectivity index (χ0v) is 14.9. The van der Waals surface area contributed by atoms with Gasteiger partial charge in [0.1, 0.15) is 12.1 Å². The van der Waals surface area contributed by atoms with Gasteiger partial charge in [0.05, 0.1) is 0 Å². The van der Waals surface area contributed by atoms with Crippen LogP contribution >= 0.6 is 0 Å². The third kappa shape index (κ3) is 3.16. The van der Waals surface area contributed by atoms with Crippen LogP contribution in [0, 0.1) is 6.92 Å². The Morgan fingerprint density at radius 1 is 1.12 bits per heavy atom. The van der Waals surface area contributed by atoms with Crippen molar-refractivity contribution in [2.75, 3.05) is 29.9 Å². The number of piperidine rings is 1. The lowest BCUT2D eigenvalue weighted by molar-refractivity contribution is 0.576. The number of aryl methyl sites for hydroxylation is 1. The molecule has 1 aliphatic heterocycles. The summed E-state index contributed by atoms with van der Waals surface area (Å²) in [6, 6.07) is 10.8. The van der Waals surface area contributed by atoms with Gasteiger partial charge < -0.3 is 9.80 Å². The zero-order chi connectivity index (χ0) is 17.2. The van der Waals surface area contributed by atoms with Gasteiger partial charge in [0.15, 0.2) is 0 Å². The number of aromatic nitrogens is 4. The maximum absolute atomic E-state index is 4.43. The highest BCUT2D eigenvalue weighted by molar-refractivity contribution is 5.56. The first-order chi connectivity index (χ1) is 12.2. The van der Waals surface area contributed by atoms with Crippen LogP contribution in [0.1, 0.15) is 30.5 Å². The van der Waals surface area contributed by atoms with E-state index in [1.165, 1.54) is 30.5 Å². The smallest absolute Gasteiger partial charge is 0.254 e. The number of benzene rings is 1. The highest BCUT2D eigenvalue weighted by Gasteiger charge is 2.16. The number of hydrogen-bond donors (Lipinski definition) is 0. The van der Waals surface area contributed by atoms with Gasteiger partial charge in [-0.05, 0) is 37.8 Å². The van der Waals surface area contributed by atoms with Gasteiger partial charge in [-0.15, -0.1) is 0 Å². The van der Waals surface area contributed by atoms with Gasteiger partial charge in [-0.1, -0.05) is 18.2 Å². The Hall–Kier alpha value is -2.63. The van der Waals surface area contributed by atoms with E-state index < -0.39 is 0 Å². The van der Waals surface area contributed by atoms with Crippen molar-refractivity contribution in [3.8, 4) is 0 Å². The van der Waals surface area contributed by atoms with Crippen molar-refractivity contribution in [2.24, 2.45) is 0 Å². The second-order valence-electron chi connectivity index (χ2n) is 6.76. The number of fused-ring (bicyclic) bond motifs is 1. The molecule has 0 aliphatic carbocycles. The molecule has 0 atom stereocenters.